The zero-order valence-electron chi connectivity index (χ0n) is 20.0. The molecule has 1 N–H and O–H groups in total. The van der Waals surface area contributed by atoms with Crippen LogP contribution >= 0.6 is 0 Å². The first kappa shape index (κ1) is 27.4. The summed E-state index contributed by atoms with van der Waals surface area (Å²) in [7, 11) is 1.63. The van der Waals surface area contributed by atoms with Crippen LogP contribution in [0.4, 0.5) is 13.2 Å². The summed E-state index contributed by atoms with van der Waals surface area (Å²) in [6.45, 7) is 5.92. The second-order valence-electron chi connectivity index (χ2n) is 8.95. The van der Waals surface area contributed by atoms with Crippen molar-refractivity contribution in [3.8, 4) is 5.75 Å². The maximum atomic E-state index is 12.9. The van der Waals surface area contributed by atoms with Crippen molar-refractivity contribution < 1.29 is 37.3 Å². The van der Waals surface area contributed by atoms with Gasteiger partial charge in [-0.2, -0.15) is 13.2 Å². The fourth-order valence-electron chi connectivity index (χ4n) is 4.37. The highest BCUT2D eigenvalue weighted by Crippen LogP contribution is 2.35. The largest absolute Gasteiger partial charge is 0.497 e. The summed E-state index contributed by atoms with van der Waals surface area (Å²) < 4.78 is 42.9. The van der Waals surface area contributed by atoms with E-state index in [1.807, 2.05) is 47.6 Å². The second-order valence-corrected chi connectivity index (χ2v) is 8.95. The number of benzene rings is 1. The third-order valence-electron chi connectivity index (χ3n) is 6.34. The van der Waals surface area contributed by atoms with Crippen LogP contribution in [0.3, 0.4) is 0 Å². The molecule has 2 aliphatic heterocycles. The number of likely N-dealkylation sites (tertiary alicyclic amines) is 1. The number of nitrogens with zero attached hydrogens (tertiary/aromatic N) is 3. The maximum absolute atomic E-state index is 12.9. The fraction of sp³-hybridized carbons (Fsp3) is 0.480. The van der Waals surface area contributed by atoms with Crippen molar-refractivity contribution in [1.82, 2.24) is 14.8 Å². The molecule has 0 unspecified atom stereocenters. The highest BCUT2D eigenvalue weighted by Gasteiger charge is 2.39. The third-order valence-corrected chi connectivity index (χ3v) is 6.34. The van der Waals surface area contributed by atoms with Crippen LogP contribution in [0.15, 0.2) is 48.8 Å². The van der Waals surface area contributed by atoms with Gasteiger partial charge in [0.25, 0.3) is 5.91 Å². The van der Waals surface area contributed by atoms with Gasteiger partial charge in [0.1, 0.15) is 5.75 Å². The zero-order chi connectivity index (χ0) is 26.2. The smallest absolute Gasteiger partial charge is 0.490 e. The molecule has 3 heterocycles. The van der Waals surface area contributed by atoms with E-state index in [-0.39, 0.29) is 11.3 Å². The van der Waals surface area contributed by atoms with Crippen LogP contribution in [0.25, 0.3) is 0 Å². The number of alkyl halides is 3. The number of piperidine rings is 1. The summed E-state index contributed by atoms with van der Waals surface area (Å²) in [5.41, 5.74) is 2.07. The Bertz CT molecular complexity index is 994. The number of carbonyl (C=O) groups excluding carboxylic acids is 1. The highest BCUT2D eigenvalue weighted by molar-refractivity contribution is 5.94. The van der Waals surface area contributed by atoms with E-state index in [1.165, 1.54) is 5.56 Å². The lowest BCUT2D eigenvalue weighted by Crippen LogP contribution is -2.48. The molecule has 0 atom stereocenters. The number of hydrogen-bond donors (Lipinski definition) is 1. The van der Waals surface area contributed by atoms with Gasteiger partial charge in [-0.1, -0.05) is 6.07 Å². The first-order valence-electron chi connectivity index (χ1n) is 11.5. The van der Waals surface area contributed by atoms with E-state index in [9.17, 15) is 18.0 Å². The molecule has 11 heteroatoms. The molecular weight excluding hydrogens is 479 g/mol. The molecule has 8 nitrogen and oxygen atoms in total. The van der Waals surface area contributed by atoms with Crippen LogP contribution in [0.2, 0.25) is 0 Å². The van der Waals surface area contributed by atoms with Crippen LogP contribution in [-0.2, 0) is 16.1 Å². The lowest BCUT2D eigenvalue weighted by molar-refractivity contribution is -0.192. The predicted molar refractivity (Wildman–Crippen MR) is 125 cm³/mol. The SMILES string of the molecule is COc1ccc(C(=O)N2CCC3(CC2)COCCN(Cc2cccnc2)C3)cc1.O=C(O)C(F)(F)F. The van der Waals surface area contributed by atoms with Crippen LogP contribution < -0.4 is 4.74 Å². The Morgan fingerprint density at radius 3 is 2.36 bits per heavy atom. The van der Waals surface area contributed by atoms with E-state index in [4.69, 9.17) is 19.4 Å². The van der Waals surface area contributed by atoms with Crippen molar-refractivity contribution in [1.29, 1.82) is 0 Å². The Labute approximate surface area is 207 Å². The highest BCUT2D eigenvalue weighted by atomic mass is 19.4. The number of pyridine rings is 1. The maximum Gasteiger partial charge on any atom is 0.490 e. The van der Waals surface area contributed by atoms with E-state index in [0.29, 0.717) is 0 Å². The number of methoxy groups -OCH3 is 1. The summed E-state index contributed by atoms with van der Waals surface area (Å²) in [5.74, 6) is -1.89. The molecular formula is C25H30F3N3O5. The molecule has 1 amide bonds. The second kappa shape index (κ2) is 12.2. The van der Waals surface area contributed by atoms with Crippen LogP contribution in [0.1, 0.15) is 28.8 Å². The predicted octanol–water partition coefficient (Wildman–Crippen LogP) is 3.48. The van der Waals surface area contributed by atoms with E-state index in [0.717, 1.165) is 70.1 Å². The number of aromatic nitrogens is 1. The van der Waals surface area contributed by atoms with Crippen molar-refractivity contribution in [2.24, 2.45) is 5.41 Å². The van der Waals surface area contributed by atoms with E-state index >= 15 is 0 Å². The number of rotatable bonds is 4. The normalized spacial score (nSPS) is 18.1. The van der Waals surface area contributed by atoms with Crippen molar-refractivity contribution in [3.05, 3.63) is 59.9 Å². The van der Waals surface area contributed by atoms with Gasteiger partial charge in [0.15, 0.2) is 0 Å². The first-order valence-corrected chi connectivity index (χ1v) is 11.5. The Kier molecular flexibility index (Phi) is 9.27. The number of carboxylic acids is 1. The van der Waals surface area contributed by atoms with Crippen molar-refractivity contribution in [3.63, 3.8) is 0 Å². The van der Waals surface area contributed by atoms with Gasteiger partial charge < -0.3 is 19.5 Å². The fourth-order valence-corrected chi connectivity index (χ4v) is 4.37. The molecule has 196 valence electrons. The summed E-state index contributed by atoms with van der Waals surface area (Å²) in [6.07, 6.45) is 0.609. The number of hydrogen-bond acceptors (Lipinski definition) is 6. The number of aliphatic carboxylic acids is 1. The topological polar surface area (TPSA) is 92.2 Å². The minimum absolute atomic E-state index is 0.101. The van der Waals surface area contributed by atoms with E-state index < -0.39 is 12.1 Å². The van der Waals surface area contributed by atoms with Gasteiger partial charge in [-0.05, 0) is 48.7 Å². The minimum atomic E-state index is -5.08. The van der Waals surface area contributed by atoms with Gasteiger partial charge >= 0.3 is 12.1 Å². The summed E-state index contributed by atoms with van der Waals surface area (Å²) in [6, 6.07) is 11.5. The number of ether oxygens (including phenoxy) is 2. The lowest BCUT2D eigenvalue weighted by Gasteiger charge is -2.42. The number of halogens is 3. The third kappa shape index (κ3) is 7.66. The Hall–Kier alpha value is -3.18. The molecule has 36 heavy (non-hydrogen) atoms. The molecule has 0 bridgehead atoms. The van der Waals surface area contributed by atoms with Gasteiger partial charge in [-0.15, -0.1) is 0 Å². The molecule has 1 aromatic carbocycles. The first-order chi connectivity index (χ1) is 17.1. The molecule has 1 aromatic heterocycles. The van der Waals surface area contributed by atoms with Gasteiger partial charge in [0, 0.05) is 56.1 Å². The van der Waals surface area contributed by atoms with E-state index in [1.54, 1.807) is 7.11 Å². The van der Waals surface area contributed by atoms with Gasteiger partial charge in [-0.3, -0.25) is 14.7 Å². The minimum Gasteiger partial charge on any atom is -0.497 e. The van der Waals surface area contributed by atoms with Crippen molar-refractivity contribution >= 4 is 11.9 Å². The van der Waals surface area contributed by atoms with Gasteiger partial charge in [0.05, 0.1) is 20.3 Å². The Balaban J connectivity index is 0.000000454. The van der Waals surface area contributed by atoms with Gasteiger partial charge in [-0.25, -0.2) is 4.79 Å². The van der Waals surface area contributed by atoms with Gasteiger partial charge in [0.2, 0.25) is 0 Å². The monoisotopic (exact) mass is 509 g/mol. The number of amides is 1. The van der Waals surface area contributed by atoms with Crippen molar-refractivity contribution in [2.45, 2.75) is 25.6 Å². The molecule has 2 saturated heterocycles. The van der Waals surface area contributed by atoms with Crippen LogP contribution in [-0.4, -0.2) is 84.4 Å². The molecule has 0 aliphatic carbocycles. The Morgan fingerprint density at radius 1 is 1.14 bits per heavy atom. The average Bonchev–Trinajstić information content (AvgIpc) is 3.06. The number of carboxylic acid groups (broad SMARTS) is 1. The van der Waals surface area contributed by atoms with Crippen LogP contribution in [0, 0.1) is 5.41 Å². The Morgan fingerprint density at radius 2 is 1.81 bits per heavy atom. The number of carbonyl (C=O) groups is 2. The molecule has 0 saturated carbocycles. The molecule has 2 aromatic rings. The summed E-state index contributed by atoms with van der Waals surface area (Å²) in [5, 5.41) is 7.12. The molecule has 2 fully saturated rings. The molecule has 1 spiro atoms. The average molecular weight is 510 g/mol. The molecule has 2 aliphatic rings. The van der Waals surface area contributed by atoms with Crippen LogP contribution in [0.5, 0.6) is 5.75 Å². The molecule has 4 rings (SSSR count). The summed E-state index contributed by atoms with van der Waals surface area (Å²) in [4.78, 5) is 30.5. The quantitative estimate of drug-likeness (QED) is 0.675. The standard InChI is InChI=1S/C23H29N3O3.C2HF3O2/c1-28-21-6-4-20(5-7-21)22(27)26-11-8-23(9-12-26)17-25(13-14-29-18-23)16-19-3-2-10-24-15-19;3-2(4,5)1(6)7/h2-7,10,15H,8-9,11-14,16-18H2,1H3;(H,6,7). The molecule has 0 radical (unpaired) electrons. The van der Waals surface area contributed by atoms with Crippen molar-refractivity contribution in [2.75, 3.05) is 46.5 Å². The van der Waals surface area contributed by atoms with E-state index in [2.05, 4.69) is 16.0 Å². The summed E-state index contributed by atoms with van der Waals surface area (Å²) >= 11 is 0. The lowest BCUT2D eigenvalue weighted by atomic mass is 9.78. The zero-order valence-corrected chi connectivity index (χ0v) is 20.0.